The molecule has 0 heterocycles. The van der Waals surface area contributed by atoms with Gasteiger partial charge >= 0.3 is 12.1 Å². The van der Waals surface area contributed by atoms with E-state index in [0.717, 1.165) is 31.4 Å². The lowest BCUT2D eigenvalue weighted by atomic mass is 9.70. The SMILES string of the molecule is COc1c(Cl)cc(C(F)(F)F)cc1CNc1ccc(C(=O)OC2CC3CCC2(C)C3(C)C)c(O)c1. The van der Waals surface area contributed by atoms with Gasteiger partial charge in [-0.25, -0.2) is 4.79 Å². The van der Waals surface area contributed by atoms with E-state index in [0.29, 0.717) is 11.6 Å². The molecule has 2 aromatic carbocycles. The van der Waals surface area contributed by atoms with Crippen LogP contribution in [0.1, 0.15) is 61.5 Å². The third-order valence-corrected chi connectivity index (χ3v) is 8.60. The van der Waals surface area contributed by atoms with E-state index in [1.807, 2.05) is 0 Å². The summed E-state index contributed by atoms with van der Waals surface area (Å²) < 4.78 is 50.6. The van der Waals surface area contributed by atoms with E-state index in [1.54, 1.807) is 6.07 Å². The second kappa shape index (κ2) is 8.80. The number of carbonyl (C=O) groups is 1. The van der Waals surface area contributed by atoms with E-state index in [-0.39, 0.29) is 51.1 Å². The number of carbonyl (C=O) groups excluding carboxylic acids is 1. The number of aromatic hydroxyl groups is 1. The Kier molecular flexibility index (Phi) is 6.41. The summed E-state index contributed by atoms with van der Waals surface area (Å²) >= 11 is 5.98. The lowest BCUT2D eigenvalue weighted by Crippen LogP contribution is -2.38. The van der Waals surface area contributed by atoms with Gasteiger partial charge < -0.3 is 19.9 Å². The van der Waals surface area contributed by atoms with Crippen LogP contribution in [-0.2, 0) is 17.5 Å². The molecule has 9 heteroatoms. The third kappa shape index (κ3) is 4.41. The fourth-order valence-electron chi connectivity index (χ4n) is 5.69. The highest BCUT2D eigenvalue weighted by Crippen LogP contribution is 2.66. The van der Waals surface area contributed by atoms with Crippen molar-refractivity contribution in [3.05, 3.63) is 52.0 Å². The van der Waals surface area contributed by atoms with Gasteiger partial charge in [-0.1, -0.05) is 32.4 Å². The molecule has 2 saturated carbocycles. The number of anilines is 1. The summed E-state index contributed by atoms with van der Waals surface area (Å²) in [4.78, 5) is 12.9. The maximum Gasteiger partial charge on any atom is 0.416 e. The molecule has 35 heavy (non-hydrogen) atoms. The first-order valence-electron chi connectivity index (χ1n) is 11.5. The van der Waals surface area contributed by atoms with Crippen LogP contribution in [0.2, 0.25) is 5.02 Å². The molecule has 2 bridgehead atoms. The average Bonchev–Trinajstić information content (AvgIpc) is 3.10. The van der Waals surface area contributed by atoms with Crippen LogP contribution in [0.3, 0.4) is 0 Å². The zero-order valence-corrected chi connectivity index (χ0v) is 20.8. The van der Waals surface area contributed by atoms with Crippen molar-refractivity contribution in [2.75, 3.05) is 12.4 Å². The van der Waals surface area contributed by atoms with Gasteiger partial charge in [-0.15, -0.1) is 0 Å². The summed E-state index contributed by atoms with van der Waals surface area (Å²) in [6.45, 7) is 6.57. The summed E-state index contributed by atoms with van der Waals surface area (Å²) in [5.41, 5.74) is -0.264. The fourth-order valence-corrected chi connectivity index (χ4v) is 6.00. The highest BCUT2D eigenvalue weighted by Gasteiger charge is 2.62. The van der Waals surface area contributed by atoms with Crippen molar-refractivity contribution in [3.8, 4) is 11.5 Å². The van der Waals surface area contributed by atoms with E-state index in [1.165, 1.54) is 19.2 Å². The molecule has 3 atom stereocenters. The standard InChI is InChI=1S/C26H29ClF3NO4/c1-24(2)15-7-8-25(24,3)21(11-15)35-23(33)18-6-5-17(12-20(18)32)31-13-14-9-16(26(28,29)30)10-19(27)22(14)34-4/h5-6,9-10,12,15,21,31-32H,7-8,11,13H2,1-4H3. The van der Waals surface area contributed by atoms with Gasteiger partial charge in [0.05, 0.1) is 17.7 Å². The number of alkyl halides is 3. The highest BCUT2D eigenvalue weighted by atomic mass is 35.5. The molecule has 2 aromatic rings. The second-order valence-electron chi connectivity index (χ2n) is 10.2. The number of esters is 1. The molecular formula is C26H29ClF3NO4. The normalized spacial score (nSPS) is 24.9. The minimum Gasteiger partial charge on any atom is -0.507 e. The maximum atomic E-state index is 13.2. The van der Waals surface area contributed by atoms with Crippen LogP contribution in [0.4, 0.5) is 18.9 Å². The zero-order valence-electron chi connectivity index (χ0n) is 20.1. The van der Waals surface area contributed by atoms with Crippen LogP contribution in [0.25, 0.3) is 0 Å². The number of phenols is 1. The summed E-state index contributed by atoms with van der Waals surface area (Å²) in [7, 11) is 1.32. The quantitative estimate of drug-likeness (QED) is 0.406. The van der Waals surface area contributed by atoms with Gasteiger partial charge in [0.2, 0.25) is 0 Å². The third-order valence-electron chi connectivity index (χ3n) is 8.32. The monoisotopic (exact) mass is 511 g/mol. The number of benzene rings is 2. The number of rotatable bonds is 6. The van der Waals surface area contributed by atoms with E-state index >= 15 is 0 Å². The summed E-state index contributed by atoms with van der Waals surface area (Å²) in [6, 6.07) is 6.11. The van der Waals surface area contributed by atoms with E-state index in [2.05, 4.69) is 26.1 Å². The second-order valence-corrected chi connectivity index (χ2v) is 10.6. The summed E-state index contributed by atoms with van der Waals surface area (Å²) in [5.74, 6) is -0.234. The molecule has 0 saturated heterocycles. The Morgan fingerprint density at radius 1 is 1.23 bits per heavy atom. The molecule has 3 unspecified atom stereocenters. The summed E-state index contributed by atoms with van der Waals surface area (Å²) in [5, 5.41) is 13.3. The number of phenolic OH excluding ortho intramolecular Hbond substituents is 1. The van der Waals surface area contributed by atoms with Crippen molar-refractivity contribution in [3.63, 3.8) is 0 Å². The molecule has 0 aliphatic heterocycles. The predicted octanol–water partition coefficient (Wildman–Crippen LogP) is 7.06. The van der Waals surface area contributed by atoms with Gasteiger partial charge in [-0.3, -0.25) is 0 Å². The van der Waals surface area contributed by atoms with Crippen molar-refractivity contribution >= 4 is 23.3 Å². The Labute approximate surface area is 207 Å². The molecule has 2 N–H and O–H groups in total. The molecule has 0 spiro atoms. The van der Waals surface area contributed by atoms with Crippen LogP contribution in [0.15, 0.2) is 30.3 Å². The summed E-state index contributed by atoms with van der Waals surface area (Å²) in [6.07, 6.45) is -1.82. The zero-order chi connectivity index (χ0) is 25.8. The largest absolute Gasteiger partial charge is 0.507 e. The predicted molar refractivity (Wildman–Crippen MR) is 127 cm³/mol. The van der Waals surface area contributed by atoms with Gasteiger partial charge in [0.25, 0.3) is 0 Å². The van der Waals surface area contributed by atoms with Crippen molar-refractivity contribution in [2.45, 2.75) is 58.9 Å². The van der Waals surface area contributed by atoms with Gasteiger partial charge in [0.1, 0.15) is 23.2 Å². The highest BCUT2D eigenvalue weighted by molar-refractivity contribution is 6.32. The molecule has 0 amide bonds. The molecule has 5 nitrogen and oxygen atoms in total. The number of hydrogen-bond acceptors (Lipinski definition) is 5. The van der Waals surface area contributed by atoms with Gasteiger partial charge in [-0.2, -0.15) is 13.2 Å². The first-order valence-corrected chi connectivity index (χ1v) is 11.9. The molecule has 0 aromatic heterocycles. The van der Waals surface area contributed by atoms with E-state index in [4.69, 9.17) is 21.1 Å². The Morgan fingerprint density at radius 3 is 2.49 bits per heavy atom. The Morgan fingerprint density at radius 2 is 1.94 bits per heavy atom. The molecule has 4 rings (SSSR count). The number of methoxy groups -OCH3 is 1. The molecule has 190 valence electrons. The lowest BCUT2D eigenvalue weighted by Gasteiger charge is -2.38. The number of hydrogen-bond donors (Lipinski definition) is 2. The number of fused-ring (bicyclic) bond motifs is 2. The van der Waals surface area contributed by atoms with E-state index in [9.17, 15) is 23.1 Å². The van der Waals surface area contributed by atoms with Gasteiger partial charge in [-0.05, 0) is 54.9 Å². The van der Waals surface area contributed by atoms with Crippen molar-refractivity contribution in [1.29, 1.82) is 0 Å². The lowest BCUT2D eigenvalue weighted by molar-refractivity contribution is -0.137. The minimum atomic E-state index is -4.56. The number of halogens is 4. The maximum absolute atomic E-state index is 13.2. The first kappa shape index (κ1) is 25.5. The Bertz CT molecular complexity index is 1150. The van der Waals surface area contributed by atoms with Crippen molar-refractivity contribution in [1.82, 2.24) is 0 Å². The Hall–Kier alpha value is -2.61. The van der Waals surface area contributed by atoms with Gasteiger partial charge in [0, 0.05) is 29.3 Å². The van der Waals surface area contributed by atoms with Gasteiger partial charge in [0.15, 0.2) is 0 Å². The molecule has 2 fully saturated rings. The van der Waals surface area contributed by atoms with Crippen molar-refractivity contribution in [2.24, 2.45) is 16.7 Å². The number of nitrogens with one attached hydrogen (secondary N) is 1. The van der Waals surface area contributed by atoms with Crippen LogP contribution < -0.4 is 10.1 Å². The smallest absolute Gasteiger partial charge is 0.416 e. The molecule has 2 aliphatic rings. The Balaban J connectivity index is 1.47. The van der Waals surface area contributed by atoms with E-state index < -0.39 is 17.7 Å². The minimum absolute atomic E-state index is 0.0411. The topological polar surface area (TPSA) is 67.8 Å². The van der Waals surface area contributed by atoms with Crippen LogP contribution >= 0.6 is 11.6 Å². The van der Waals surface area contributed by atoms with Crippen LogP contribution in [0.5, 0.6) is 11.5 Å². The van der Waals surface area contributed by atoms with Crippen LogP contribution in [0, 0.1) is 16.7 Å². The number of ether oxygens (including phenoxy) is 2. The molecular weight excluding hydrogens is 483 g/mol. The molecule has 2 aliphatic carbocycles. The van der Waals surface area contributed by atoms with Crippen LogP contribution in [-0.4, -0.2) is 24.3 Å². The first-order chi connectivity index (χ1) is 16.3. The van der Waals surface area contributed by atoms with Crippen molar-refractivity contribution < 1.29 is 32.5 Å². The fraction of sp³-hybridized carbons (Fsp3) is 0.500. The average molecular weight is 512 g/mol. The molecule has 0 radical (unpaired) electrons.